The van der Waals surface area contributed by atoms with E-state index in [-0.39, 0.29) is 5.97 Å². The number of carbonyl (C=O) groups excluding carboxylic acids is 1. The predicted molar refractivity (Wildman–Crippen MR) is 67.1 cm³/mol. The lowest BCUT2D eigenvalue weighted by atomic mass is 10.0. The van der Waals surface area contributed by atoms with Crippen molar-refractivity contribution < 1.29 is 9.53 Å². The highest BCUT2D eigenvalue weighted by molar-refractivity contribution is 6.03. The lowest BCUT2D eigenvalue weighted by molar-refractivity contribution is 0.0603. The van der Waals surface area contributed by atoms with Crippen LogP contribution in [-0.4, -0.2) is 18.1 Å². The lowest BCUT2D eigenvalue weighted by Gasteiger charge is -2.07. The minimum absolute atomic E-state index is 0.314. The van der Waals surface area contributed by atoms with Gasteiger partial charge in [0.25, 0.3) is 0 Å². The molecule has 1 aromatic carbocycles. The van der Waals surface area contributed by atoms with E-state index in [1.54, 1.807) is 12.3 Å². The number of carbonyl (C=O) groups is 1. The van der Waals surface area contributed by atoms with E-state index in [9.17, 15) is 4.79 Å². The number of ether oxygens (including phenoxy) is 1. The van der Waals surface area contributed by atoms with Crippen LogP contribution >= 0.6 is 0 Å². The topological polar surface area (TPSA) is 39.2 Å². The summed E-state index contributed by atoms with van der Waals surface area (Å²) in [6.45, 7) is 2.13. The van der Waals surface area contributed by atoms with Crippen molar-refractivity contribution in [3.05, 3.63) is 41.6 Å². The second-order valence-electron chi connectivity index (χ2n) is 3.91. The van der Waals surface area contributed by atoms with Gasteiger partial charge in [0.15, 0.2) is 0 Å². The maximum absolute atomic E-state index is 11.6. The van der Waals surface area contributed by atoms with Gasteiger partial charge in [-0.3, -0.25) is 4.98 Å². The number of pyridine rings is 1. The Bertz CT molecular complexity index is 549. The first kappa shape index (κ1) is 11.6. The number of nitrogens with zero attached hydrogens (tertiary/aromatic N) is 1. The normalized spacial score (nSPS) is 10.5. The molecule has 1 heterocycles. The summed E-state index contributed by atoms with van der Waals surface area (Å²) in [5.74, 6) is -0.314. The first-order valence-corrected chi connectivity index (χ1v) is 5.72. The molecule has 0 N–H and O–H groups in total. The standard InChI is InChI=1S/C14H15NO2/c1-3-5-10-6-4-7-11-12(14(16)17-2)8-9-15-13(10)11/h4,6-9H,3,5H2,1-2H3. The maximum atomic E-state index is 11.6. The van der Waals surface area contributed by atoms with E-state index >= 15 is 0 Å². The number of esters is 1. The zero-order valence-electron chi connectivity index (χ0n) is 10.1. The van der Waals surface area contributed by atoms with Crippen molar-refractivity contribution in [1.82, 2.24) is 4.98 Å². The molecular formula is C14H15NO2. The van der Waals surface area contributed by atoms with E-state index in [1.807, 2.05) is 12.1 Å². The number of hydrogen-bond donors (Lipinski definition) is 0. The quantitative estimate of drug-likeness (QED) is 0.759. The molecule has 17 heavy (non-hydrogen) atoms. The monoisotopic (exact) mass is 229 g/mol. The van der Waals surface area contributed by atoms with Crippen molar-refractivity contribution in [1.29, 1.82) is 0 Å². The number of fused-ring (bicyclic) bond motifs is 1. The molecule has 0 aliphatic heterocycles. The Balaban J connectivity index is 2.65. The van der Waals surface area contributed by atoms with Gasteiger partial charge >= 0.3 is 5.97 Å². The van der Waals surface area contributed by atoms with Crippen LogP contribution in [0.4, 0.5) is 0 Å². The van der Waals surface area contributed by atoms with E-state index < -0.39 is 0 Å². The molecule has 2 aromatic rings. The van der Waals surface area contributed by atoms with E-state index in [2.05, 4.69) is 18.0 Å². The number of aromatic nitrogens is 1. The molecule has 0 spiro atoms. The minimum Gasteiger partial charge on any atom is -0.465 e. The molecule has 3 heteroatoms. The number of benzene rings is 1. The molecule has 2 rings (SSSR count). The van der Waals surface area contributed by atoms with Crippen LogP contribution in [-0.2, 0) is 11.2 Å². The number of rotatable bonds is 3. The third-order valence-electron chi connectivity index (χ3n) is 2.78. The highest BCUT2D eigenvalue weighted by atomic mass is 16.5. The van der Waals surface area contributed by atoms with E-state index in [0.717, 1.165) is 23.7 Å². The van der Waals surface area contributed by atoms with Gasteiger partial charge in [0.05, 0.1) is 18.2 Å². The maximum Gasteiger partial charge on any atom is 0.338 e. The second-order valence-corrected chi connectivity index (χ2v) is 3.91. The van der Waals surface area contributed by atoms with Crippen LogP contribution in [0, 0.1) is 0 Å². The van der Waals surface area contributed by atoms with Gasteiger partial charge in [-0.2, -0.15) is 0 Å². The second kappa shape index (κ2) is 4.95. The Labute approximate surface area is 100 Å². The van der Waals surface area contributed by atoms with Crippen LogP contribution in [0.3, 0.4) is 0 Å². The minimum atomic E-state index is -0.314. The first-order chi connectivity index (χ1) is 8.27. The fourth-order valence-electron chi connectivity index (χ4n) is 2.00. The van der Waals surface area contributed by atoms with Crippen molar-refractivity contribution in [2.45, 2.75) is 19.8 Å². The van der Waals surface area contributed by atoms with Crippen molar-refractivity contribution in [2.75, 3.05) is 7.11 Å². The van der Waals surface area contributed by atoms with Gasteiger partial charge in [0.2, 0.25) is 0 Å². The first-order valence-electron chi connectivity index (χ1n) is 5.72. The summed E-state index contributed by atoms with van der Waals surface area (Å²) < 4.78 is 4.78. The molecule has 0 aliphatic carbocycles. The largest absolute Gasteiger partial charge is 0.465 e. The van der Waals surface area contributed by atoms with Gasteiger partial charge in [-0.15, -0.1) is 0 Å². The highest BCUT2D eigenvalue weighted by Crippen LogP contribution is 2.21. The number of hydrogen-bond acceptors (Lipinski definition) is 3. The molecule has 0 amide bonds. The van der Waals surface area contributed by atoms with Crippen molar-refractivity contribution in [3.63, 3.8) is 0 Å². The van der Waals surface area contributed by atoms with Crippen LogP contribution in [0.1, 0.15) is 29.3 Å². The Kier molecular flexibility index (Phi) is 3.38. The molecule has 3 nitrogen and oxygen atoms in total. The fourth-order valence-corrected chi connectivity index (χ4v) is 2.00. The lowest BCUT2D eigenvalue weighted by Crippen LogP contribution is -2.03. The molecule has 1 aromatic heterocycles. The average Bonchev–Trinajstić information content (AvgIpc) is 2.38. The number of para-hydroxylation sites is 1. The van der Waals surface area contributed by atoms with Crippen molar-refractivity contribution in [3.8, 4) is 0 Å². The summed E-state index contributed by atoms with van der Waals surface area (Å²) in [4.78, 5) is 16.0. The number of methoxy groups -OCH3 is 1. The van der Waals surface area contributed by atoms with Crippen LogP contribution in [0.5, 0.6) is 0 Å². The van der Waals surface area contributed by atoms with Gasteiger partial charge < -0.3 is 4.74 Å². The molecule has 0 saturated carbocycles. The van der Waals surface area contributed by atoms with Crippen molar-refractivity contribution >= 4 is 16.9 Å². The zero-order valence-corrected chi connectivity index (χ0v) is 10.1. The molecule has 0 bridgehead atoms. The molecule has 0 saturated heterocycles. The predicted octanol–water partition coefficient (Wildman–Crippen LogP) is 2.97. The van der Waals surface area contributed by atoms with Crippen LogP contribution < -0.4 is 0 Å². The summed E-state index contributed by atoms with van der Waals surface area (Å²) in [5.41, 5.74) is 2.66. The van der Waals surface area contributed by atoms with Gasteiger partial charge in [-0.25, -0.2) is 4.79 Å². The summed E-state index contributed by atoms with van der Waals surface area (Å²) in [5, 5.41) is 0.866. The van der Waals surface area contributed by atoms with Gasteiger partial charge in [0.1, 0.15) is 0 Å². The van der Waals surface area contributed by atoms with E-state index in [1.165, 1.54) is 12.7 Å². The fraction of sp³-hybridized carbons (Fsp3) is 0.286. The van der Waals surface area contributed by atoms with E-state index in [4.69, 9.17) is 4.74 Å². The SMILES string of the molecule is CCCc1cccc2c(C(=O)OC)ccnc12. The summed E-state index contributed by atoms with van der Waals surface area (Å²) >= 11 is 0. The number of aryl methyl sites for hydroxylation is 1. The smallest absolute Gasteiger partial charge is 0.338 e. The van der Waals surface area contributed by atoms with Crippen LogP contribution in [0.2, 0.25) is 0 Å². The third kappa shape index (κ3) is 2.13. The summed E-state index contributed by atoms with van der Waals surface area (Å²) in [7, 11) is 1.39. The van der Waals surface area contributed by atoms with Crippen LogP contribution in [0.25, 0.3) is 10.9 Å². The molecule has 88 valence electrons. The average molecular weight is 229 g/mol. The molecule has 0 aliphatic rings. The third-order valence-corrected chi connectivity index (χ3v) is 2.78. The Morgan fingerprint density at radius 1 is 1.35 bits per heavy atom. The van der Waals surface area contributed by atoms with Gasteiger partial charge in [-0.1, -0.05) is 31.5 Å². The Hall–Kier alpha value is -1.90. The summed E-state index contributed by atoms with van der Waals surface area (Å²) in [6.07, 6.45) is 3.69. The molecule has 0 unspecified atom stereocenters. The summed E-state index contributed by atoms with van der Waals surface area (Å²) in [6, 6.07) is 7.62. The van der Waals surface area contributed by atoms with Gasteiger partial charge in [0, 0.05) is 11.6 Å². The van der Waals surface area contributed by atoms with E-state index in [0.29, 0.717) is 5.56 Å². The molecule has 0 radical (unpaired) electrons. The zero-order chi connectivity index (χ0) is 12.3. The highest BCUT2D eigenvalue weighted by Gasteiger charge is 2.11. The van der Waals surface area contributed by atoms with Crippen LogP contribution in [0.15, 0.2) is 30.5 Å². The van der Waals surface area contributed by atoms with Crippen molar-refractivity contribution in [2.24, 2.45) is 0 Å². The Morgan fingerprint density at radius 2 is 2.18 bits per heavy atom. The molecular weight excluding hydrogens is 214 g/mol. The van der Waals surface area contributed by atoms with Gasteiger partial charge in [-0.05, 0) is 18.1 Å². The Morgan fingerprint density at radius 3 is 2.88 bits per heavy atom. The molecule has 0 fully saturated rings. The molecule has 0 atom stereocenters.